The van der Waals surface area contributed by atoms with Crippen molar-refractivity contribution in [3.8, 4) is 0 Å². The normalized spacial score (nSPS) is 16.7. The fourth-order valence-electron chi connectivity index (χ4n) is 1.86. The molecular weight excluding hydrogens is 208 g/mol. The predicted molar refractivity (Wildman–Crippen MR) is 62.0 cm³/mol. The Morgan fingerprint density at radius 1 is 1.33 bits per heavy atom. The van der Waals surface area contributed by atoms with Gasteiger partial charge >= 0.3 is 0 Å². The van der Waals surface area contributed by atoms with Gasteiger partial charge in [0.25, 0.3) is 5.91 Å². The Labute approximate surface area is 93.9 Å². The first-order chi connectivity index (χ1) is 7.31. The van der Waals surface area contributed by atoms with Crippen LogP contribution in [0.1, 0.15) is 33.8 Å². The van der Waals surface area contributed by atoms with E-state index in [4.69, 9.17) is 5.73 Å². The molecule has 1 fully saturated rings. The second-order valence-corrected chi connectivity index (χ2v) is 4.99. The van der Waals surface area contributed by atoms with E-state index in [1.807, 2.05) is 17.0 Å². The van der Waals surface area contributed by atoms with Crippen LogP contribution < -0.4 is 5.73 Å². The predicted octanol–water partition coefficient (Wildman–Crippen LogP) is 1.83. The molecule has 0 saturated carbocycles. The van der Waals surface area contributed by atoms with Crippen molar-refractivity contribution in [1.29, 1.82) is 0 Å². The molecule has 1 aromatic heterocycles. The molecule has 1 amide bonds. The Balaban J connectivity index is 2.05. The molecule has 0 radical (unpaired) electrons. The van der Waals surface area contributed by atoms with Crippen molar-refractivity contribution in [2.24, 2.45) is 5.73 Å². The average molecular weight is 224 g/mol. The maximum absolute atomic E-state index is 12.0. The van der Waals surface area contributed by atoms with E-state index in [1.165, 1.54) is 17.8 Å². The van der Waals surface area contributed by atoms with Gasteiger partial charge in [-0.1, -0.05) is 0 Å². The largest absolute Gasteiger partial charge is 0.338 e. The van der Waals surface area contributed by atoms with Crippen LogP contribution in [0.3, 0.4) is 0 Å². The number of likely N-dealkylation sites (tertiary alicyclic amines) is 1. The highest BCUT2D eigenvalue weighted by Gasteiger charge is 2.19. The number of thiophene rings is 1. The third-order valence-electron chi connectivity index (χ3n) is 2.72. The van der Waals surface area contributed by atoms with Crippen molar-refractivity contribution >= 4 is 17.2 Å². The van der Waals surface area contributed by atoms with Gasteiger partial charge in [0.15, 0.2) is 0 Å². The highest BCUT2D eigenvalue weighted by atomic mass is 32.1. The van der Waals surface area contributed by atoms with E-state index >= 15 is 0 Å². The Hall–Kier alpha value is -0.870. The minimum Gasteiger partial charge on any atom is -0.338 e. The summed E-state index contributed by atoms with van der Waals surface area (Å²) in [4.78, 5) is 15.9. The van der Waals surface area contributed by atoms with Crippen molar-refractivity contribution in [3.63, 3.8) is 0 Å². The van der Waals surface area contributed by atoms with Crippen LogP contribution in [0.15, 0.2) is 12.1 Å². The molecule has 4 heteroatoms. The van der Waals surface area contributed by atoms with Crippen molar-refractivity contribution < 1.29 is 4.79 Å². The van der Waals surface area contributed by atoms with Gasteiger partial charge in [-0.15, -0.1) is 11.3 Å². The van der Waals surface area contributed by atoms with Crippen molar-refractivity contribution in [2.75, 3.05) is 13.1 Å². The van der Waals surface area contributed by atoms with Crippen LogP contribution in [-0.2, 0) is 6.54 Å². The zero-order chi connectivity index (χ0) is 10.7. The Kier molecular flexibility index (Phi) is 3.38. The van der Waals surface area contributed by atoms with E-state index in [2.05, 4.69) is 0 Å². The zero-order valence-electron chi connectivity index (χ0n) is 8.74. The maximum atomic E-state index is 12.0. The second-order valence-electron chi connectivity index (χ2n) is 3.82. The third-order valence-corrected chi connectivity index (χ3v) is 3.81. The topological polar surface area (TPSA) is 46.3 Å². The molecule has 3 nitrogen and oxygen atoms in total. The molecule has 1 aliphatic heterocycles. The van der Waals surface area contributed by atoms with Gasteiger partial charge < -0.3 is 10.6 Å². The molecule has 82 valence electrons. The summed E-state index contributed by atoms with van der Waals surface area (Å²) in [5, 5.41) is 0. The molecule has 2 rings (SSSR count). The number of nitrogens with two attached hydrogens (primary N) is 1. The average Bonchev–Trinajstić information content (AvgIpc) is 2.78. The van der Waals surface area contributed by atoms with Crippen LogP contribution in [0.4, 0.5) is 0 Å². The minimum absolute atomic E-state index is 0.180. The first-order valence-electron chi connectivity index (χ1n) is 5.39. The number of piperidine rings is 1. The van der Waals surface area contributed by atoms with Crippen molar-refractivity contribution in [1.82, 2.24) is 4.90 Å². The molecule has 1 aromatic rings. The number of hydrogen-bond acceptors (Lipinski definition) is 3. The number of carbonyl (C=O) groups excluding carboxylic acids is 1. The fourth-order valence-corrected chi connectivity index (χ4v) is 2.71. The molecule has 0 aromatic carbocycles. The summed E-state index contributed by atoms with van der Waals surface area (Å²) >= 11 is 1.52. The summed E-state index contributed by atoms with van der Waals surface area (Å²) in [6.45, 7) is 2.35. The number of nitrogens with zero attached hydrogens (tertiary/aromatic N) is 1. The lowest BCUT2D eigenvalue weighted by Gasteiger charge is -2.26. The van der Waals surface area contributed by atoms with Crippen LogP contribution in [0.5, 0.6) is 0 Å². The lowest BCUT2D eigenvalue weighted by atomic mass is 10.1. The molecule has 0 bridgehead atoms. The van der Waals surface area contributed by atoms with Gasteiger partial charge in [0.2, 0.25) is 0 Å². The van der Waals surface area contributed by atoms with Crippen molar-refractivity contribution in [3.05, 3.63) is 21.9 Å². The van der Waals surface area contributed by atoms with Gasteiger partial charge in [-0.25, -0.2) is 0 Å². The minimum atomic E-state index is 0.180. The summed E-state index contributed by atoms with van der Waals surface area (Å²) in [5.74, 6) is 0.180. The molecule has 0 atom stereocenters. The Morgan fingerprint density at radius 2 is 2.07 bits per heavy atom. The van der Waals surface area contributed by atoms with E-state index in [0.29, 0.717) is 6.54 Å². The summed E-state index contributed by atoms with van der Waals surface area (Å²) in [6.07, 6.45) is 3.53. The van der Waals surface area contributed by atoms with Crippen molar-refractivity contribution in [2.45, 2.75) is 25.8 Å². The van der Waals surface area contributed by atoms with Gasteiger partial charge in [0.05, 0.1) is 4.88 Å². The second kappa shape index (κ2) is 4.77. The molecule has 2 N–H and O–H groups in total. The zero-order valence-corrected chi connectivity index (χ0v) is 9.55. The highest BCUT2D eigenvalue weighted by Crippen LogP contribution is 2.20. The third kappa shape index (κ3) is 2.38. The van der Waals surface area contributed by atoms with E-state index in [9.17, 15) is 4.79 Å². The van der Waals surface area contributed by atoms with E-state index in [-0.39, 0.29) is 5.91 Å². The van der Waals surface area contributed by atoms with Crippen LogP contribution in [-0.4, -0.2) is 23.9 Å². The molecule has 0 spiro atoms. The maximum Gasteiger partial charge on any atom is 0.263 e. The smallest absolute Gasteiger partial charge is 0.263 e. The number of hydrogen-bond donors (Lipinski definition) is 1. The molecule has 1 saturated heterocycles. The van der Waals surface area contributed by atoms with Gasteiger partial charge in [-0.2, -0.15) is 0 Å². The first kappa shape index (κ1) is 10.6. The Morgan fingerprint density at radius 3 is 2.67 bits per heavy atom. The fraction of sp³-hybridized carbons (Fsp3) is 0.545. The van der Waals surface area contributed by atoms with E-state index < -0.39 is 0 Å². The quantitative estimate of drug-likeness (QED) is 0.833. The molecular formula is C11H16N2OS. The van der Waals surface area contributed by atoms with Crippen LogP contribution in [0.25, 0.3) is 0 Å². The SMILES string of the molecule is NCc1ccc(C(=O)N2CCCCC2)s1. The first-order valence-corrected chi connectivity index (χ1v) is 6.21. The Bertz CT molecular complexity index is 342. The van der Waals surface area contributed by atoms with Crippen LogP contribution in [0, 0.1) is 0 Å². The monoisotopic (exact) mass is 224 g/mol. The molecule has 1 aliphatic rings. The van der Waals surface area contributed by atoms with Crippen LogP contribution in [0.2, 0.25) is 0 Å². The van der Waals surface area contributed by atoms with E-state index in [1.54, 1.807) is 0 Å². The standard InChI is InChI=1S/C11H16N2OS/c12-8-9-4-5-10(15-9)11(14)13-6-2-1-3-7-13/h4-5H,1-3,6-8,12H2. The number of carbonyl (C=O) groups is 1. The summed E-state index contributed by atoms with van der Waals surface area (Å²) in [6, 6.07) is 3.84. The molecule has 0 unspecified atom stereocenters. The van der Waals surface area contributed by atoms with Gasteiger partial charge in [-0.05, 0) is 31.4 Å². The highest BCUT2D eigenvalue weighted by molar-refractivity contribution is 7.14. The molecule has 2 heterocycles. The molecule has 0 aliphatic carbocycles. The van der Waals surface area contributed by atoms with E-state index in [0.717, 1.165) is 35.7 Å². The van der Waals surface area contributed by atoms with Gasteiger partial charge in [0, 0.05) is 24.5 Å². The summed E-state index contributed by atoms with van der Waals surface area (Å²) < 4.78 is 0. The number of rotatable bonds is 2. The number of amides is 1. The lowest BCUT2D eigenvalue weighted by molar-refractivity contribution is 0.0729. The lowest BCUT2D eigenvalue weighted by Crippen LogP contribution is -2.35. The summed E-state index contributed by atoms with van der Waals surface area (Å²) in [5.41, 5.74) is 5.53. The van der Waals surface area contributed by atoms with Gasteiger partial charge in [-0.3, -0.25) is 4.79 Å². The van der Waals surface area contributed by atoms with Gasteiger partial charge in [0.1, 0.15) is 0 Å². The molecule has 15 heavy (non-hydrogen) atoms. The summed E-state index contributed by atoms with van der Waals surface area (Å²) in [7, 11) is 0. The van der Waals surface area contributed by atoms with Crippen LogP contribution >= 0.6 is 11.3 Å².